The van der Waals surface area contributed by atoms with Crippen molar-refractivity contribution < 1.29 is 9.53 Å². The SMILES string of the molecule is CCOc1ncccc1C(=O)N1CCN(Cc2nc(N)c3ccccc3n2)CC1. The van der Waals surface area contributed by atoms with Gasteiger partial charge in [-0.15, -0.1) is 0 Å². The normalized spacial score (nSPS) is 14.9. The largest absolute Gasteiger partial charge is 0.477 e. The van der Waals surface area contributed by atoms with Gasteiger partial charge in [0.2, 0.25) is 5.88 Å². The highest BCUT2D eigenvalue weighted by Gasteiger charge is 2.25. The number of aromatic nitrogens is 3. The van der Waals surface area contributed by atoms with Gasteiger partial charge in [-0.2, -0.15) is 0 Å². The fraction of sp³-hybridized carbons (Fsp3) is 0.333. The maximum Gasteiger partial charge on any atom is 0.259 e. The third-order valence-electron chi connectivity index (χ3n) is 4.99. The number of hydrogen-bond donors (Lipinski definition) is 1. The minimum atomic E-state index is -0.0487. The lowest BCUT2D eigenvalue weighted by atomic mass is 10.2. The third kappa shape index (κ3) is 4.12. The number of amides is 1. The highest BCUT2D eigenvalue weighted by molar-refractivity contribution is 5.96. The molecule has 4 rings (SSSR count). The number of rotatable bonds is 5. The minimum Gasteiger partial charge on any atom is -0.477 e. The first-order chi connectivity index (χ1) is 14.2. The first-order valence-electron chi connectivity index (χ1n) is 9.76. The molecule has 1 saturated heterocycles. The number of nitrogens with zero attached hydrogens (tertiary/aromatic N) is 5. The second-order valence-corrected chi connectivity index (χ2v) is 6.90. The summed E-state index contributed by atoms with van der Waals surface area (Å²) < 4.78 is 5.50. The molecule has 1 aliphatic rings. The van der Waals surface area contributed by atoms with Crippen molar-refractivity contribution in [3.8, 4) is 5.88 Å². The van der Waals surface area contributed by atoms with Crippen molar-refractivity contribution in [2.75, 3.05) is 38.5 Å². The molecule has 2 N–H and O–H groups in total. The van der Waals surface area contributed by atoms with Gasteiger partial charge >= 0.3 is 0 Å². The zero-order valence-electron chi connectivity index (χ0n) is 16.4. The second-order valence-electron chi connectivity index (χ2n) is 6.90. The van der Waals surface area contributed by atoms with Crippen LogP contribution in [0.5, 0.6) is 5.88 Å². The summed E-state index contributed by atoms with van der Waals surface area (Å²) in [6.07, 6.45) is 1.63. The van der Waals surface area contributed by atoms with Crippen molar-refractivity contribution in [2.24, 2.45) is 0 Å². The molecule has 1 aromatic carbocycles. The van der Waals surface area contributed by atoms with Crippen LogP contribution in [-0.4, -0.2) is 63.4 Å². The Labute approximate surface area is 169 Å². The summed E-state index contributed by atoms with van der Waals surface area (Å²) >= 11 is 0. The van der Waals surface area contributed by atoms with E-state index in [0.717, 1.165) is 24.0 Å². The average molecular weight is 392 g/mol. The van der Waals surface area contributed by atoms with Gasteiger partial charge in [0.1, 0.15) is 17.2 Å². The summed E-state index contributed by atoms with van der Waals surface area (Å²) in [5.74, 6) is 1.54. The number of benzene rings is 1. The van der Waals surface area contributed by atoms with Gasteiger partial charge in [0.15, 0.2) is 0 Å². The minimum absolute atomic E-state index is 0.0487. The van der Waals surface area contributed by atoms with Crippen LogP contribution in [0.2, 0.25) is 0 Å². The first kappa shape index (κ1) is 19.1. The van der Waals surface area contributed by atoms with Crippen molar-refractivity contribution in [1.82, 2.24) is 24.8 Å². The molecule has 150 valence electrons. The molecule has 1 fully saturated rings. The Morgan fingerprint density at radius 2 is 1.90 bits per heavy atom. The van der Waals surface area contributed by atoms with E-state index in [9.17, 15) is 4.79 Å². The monoisotopic (exact) mass is 392 g/mol. The molecule has 0 unspecified atom stereocenters. The van der Waals surface area contributed by atoms with Gasteiger partial charge in [-0.25, -0.2) is 15.0 Å². The molecule has 8 nitrogen and oxygen atoms in total. The zero-order valence-corrected chi connectivity index (χ0v) is 16.4. The van der Waals surface area contributed by atoms with Crippen molar-refractivity contribution >= 4 is 22.6 Å². The molecule has 1 amide bonds. The van der Waals surface area contributed by atoms with Crippen LogP contribution in [0, 0.1) is 0 Å². The summed E-state index contributed by atoms with van der Waals surface area (Å²) in [6, 6.07) is 11.3. The number of pyridine rings is 1. The van der Waals surface area contributed by atoms with Gasteiger partial charge in [-0.1, -0.05) is 12.1 Å². The predicted molar refractivity (Wildman–Crippen MR) is 111 cm³/mol. The molecule has 0 spiro atoms. The fourth-order valence-corrected chi connectivity index (χ4v) is 3.51. The number of nitrogen functional groups attached to an aromatic ring is 1. The number of ether oxygens (including phenoxy) is 1. The van der Waals surface area contributed by atoms with Crippen molar-refractivity contribution in [1.29, 1.82) is 0 Å². The highest BCUT2D eigenvalue weighted by atomic mass is 16.5. The van der Waals surface area contributed by atoms with Crippen LogP contribution in [0.1, 0.15) is 23.1 Å². The van der Waals surface area contributed by atoms with Gasteiger partial charge < -0.3 is 15.4 Å². The van der Waals surface area contributed by atoms with E-state index in [-0.39, 0.29) is 5.91 Å². The Morgan fingerprint density at radius 3 is 2.69 bits per heavy atom. The van der Waals surface area contributed by atoms with Gasteiger partial charge in [0.05, 0.1) is 18.7 Å². The van der Waals surface area contributed by atoms with E-state index >= 15 is 0 Å². The summed E-state index contributed by atoms with van der Waals surface area (Å²) in [5.41, 5.74) is 7.45. The van der Waals surface area contributed by atoms with Gasteiger partial charge in [-0.05, 0) is 31.2 Å². The molecule has 0 atom stereocenters. The van der Waals surface area contributed by atoms with Crippen LogP contribution in [0.25, 0.3) is 10.9 Å². The van der Waals surface area contributed by atoms with E-state index in [4.69, 9.17) is 10.5 Å². The number of fused-ring (bicyclic) bond motifs is 1. The van der Waals surface area contributed by atoms with E-state index < -0.39 is 0 Å². The number of piperazine rings is 1. The Kier molecular flexibility index (Phi) is 5.53. The lowest BCUT2D eigenvalue weighted by Crippen LogP contribution is -2.48. The molecule has 0 aliphatic carbocycles. The van der Waals surface area contributed by atoms with E-state index in [0.29, 0.717) is 49.3 Å². The maximum absolute atomic E-state index is 12.9. The number of carbonyl (C=O) groups is 1. The summed E-state index contributed by atoms with van der Waals surface area (Å²) in [6.45, 7) is 5.69. The van der Waals surface area contributed by atoms with Gasteiger partial charge in [0.25, 0.3) is 5.91 Å². The molecule has 0 saturated carbocycles. The molecular formula is C21H24N6O2. The molecule has 0 radical (unpaired) electrons. The highest BCUT2D eigenvalue weighted by Crippen LogP contribution is 2.20. The maximum atomic E-state index is 12.9. The Balaban J connectivity index is 1.40. The quantitative estimate of drug-likeness (QED) is 0.709. The average Bonchev–Trinajstić information content (AvgIpc) is 2.74. The molecule has 3 aromatic rings. The second kappa shape index (κ2) is 8.40. The van der Waals surface area contributed by atoms with Gasteiger partial charge in [0, 0.05) is 37.8 Å². The summed E-state index contributed by atoms with van der Waals surface area (Å²) in [5, 5.41) is 0.869. The lowest BCUT2D eigenvalue weighted by molar-refractivity contribution is 0.0621. The van der Waals surface area contributed by atoms with Crippen LogP contribution in [0.3, 0.4) is 0 Å². The Hall–Kier alpha value is -3.26. The van der Waals surface area contributed by atoms with E-state index in [1.807, 2.05) is 36.1 Å². The zero-order chi connectivity index (χ0) is 20.2. The number of anilines is 1. The standard InChI is InChI=1S/C21H24N6O2/c1-2-29-20-16(7-5-9-23-20)21(28)27-12-10-26(11-13-27)14-18-24-17-8-4-3-6-15(17)19(22)25-18/h3-9H,2,10-14H2,1H3,(H2,22,24,25). The number of nitrogens with two attached hydrogens (primary N) is 1. The van der Waals surface area contributed by atoms with Crippen molar-refractivity contribution in [3.63, 3.8) is 0 Å². The first-order valence-corrected chi connectivity index (χ1v) is 9.76. The van der Waals surface area contributed by atoms with Crippen LogP contribution < -0.4 is 10.5 Å². The van der Waals surface area contributed by atoms with Crippen LogP contribution in [0.15, 0.2) is 42.6 Å². The van der Waals surface area contributed by atoms with E-state index in [1.165, 1.54) is 0 Å². The third-order valence-corrected chi connectivity index (χ3v) is 4.99. The Morgan fingerprint density at radius 1 is 1.10 bits per heavy atom. The van der Waals surface area contributed by atoms with Crippen molar-refractivity contribution in [2.45, 2.75) is 13.5 Å². The van der Waals surface area contributed by atoms with Crippen LogP contribution in [0.4, 0.5) is 5.82 Å². The summed E-state index contributed by atoms with van der Waals surface area (Å²) in [4.78, 5) is 30.2. The lowest BCUT2D eigenvalue weighted by Gasteiger charge is -2.34. The number of carbonyl (C=O) groups excluding carboxylic acids is 1. The number of hydrogen-bond acceptors (Lipinski definition) is 7. The summed E-state index contributed by atoms with van der Waals surface area (Å²) in [7, 11) is 0. The molecule has 3 heterocycles. The fourth-order valence-electron chi connectivity index (χ4n) is 3.51. The van der Waals surface area contributed by atoms with E-state index in [1.54, 1.807) is 18.3 Å². The molecular weight excluding hydrogens is 368 g/mol. The molecule has 29 heavy (non-hydrogen) atoms. The number of para-hydroxylation sites is 1. The van der Waals surface area contributed by atoms with Crippen LogP contribution in [-0.2, 0) is 6.54 Å². The molecule has 1 aliphatic heterocycles. The Bertz CT molecular complexity index is 1020. The predicted octanol–water partition coefficient (Wildman–Crippen LogP) is 1.96. The van der Waals surface area contributed by atoms with Crippen molar-refractivity contribution in [3.05, 3.63) is 54.0 Å². The molecule has 2 aromatic heterocycles. The molecule has 8 heteroatoms. The van der Waals surface area contributed by atoms with Crippen LogP contribution >= 0.6 is 0 Å². The topological polar surface area (TPSA) is 97.5 Å². The molecule has 0 bridgehead atoms. The van der Waals surface area contributed by atoms with Gasteiger partial charge in [-0.3, -0.25) is 9.69 Å². The smallest absolute Gasteiger partial charge is 0.259 e. The van der Waals surface area contributed by atoms with E-state index in [2.05, 4.69) is 19.9 Å².